The van der Waals surface area contributed by atoms with Crippen molar-refractivity contribution in [1.82, 2.24) is 0 Å². The monoisotopic (exact) mass is 224 g/mol. The molecule has 0 aromatic carbocycles. The SMILES string of the molecule is C=CCC1(C/C=C/CC)COC(C)(C)OC1. The summed E-state index contributed by atoms with van der Waals surface area (Å²) < 4.78 is 11.5. The van der Waals surface area contributed by atoms with Gasteiger partial charge in [-0.25, -0.2) is 0 Å². The second-order valence-corrected chi connectivity index (χ2v) is 5.05. The first-order valence-electron chi connectivity index (χ1n) is 6.07. The average molecular weight is 224 g/mol. The maximum atomic E-state index is 5.76. The standard InChI is InChI=1S/C14H24O2/c1-5-7-8-10-14(9-6-2)11-15-13(3,4)16-12-14/h6-8H,2,5,9-12H2,1,3-4H3/b8-7+. The summed E-state index contributed by atoms with van der Waals surface area (Å²) in [5, 5.41) is 0. The number of allylic oxidation sites excluding steroid dienone is 3. The van der Waals surface area contributed by atoms with Crippen LogP contribution in [0.5, 0.6) is 0 Å². The molecule has 0 atom stereocenters. The third-order valence-corrected chi connectivity index (χ3v) is 2.98. The van der Waals surface area contributed by atoms with Crippen LogP contribution in [0.15, 0.2) is 24.8 Å². The van der Waals surface area contributed by atoms with Crippen molar-refractivity contribution >= 4 is 0 Å². The van der Waals surface area contributed by atoms with Gasteiger partial charge in [0, 0.05) is 5.41 Å². The van der Waals surface area contributed by atoms with Gasteiger partial charge in [-0.1, -0.05) is 25.2 Å². The largest absolute Gasteiger partial charge is 0.350 e. The topological polar surface area (TPSA) is 18.5 Å². The van der Waals surface area contributed by atoms with Gasteiger partial charge in [-0.15, -0.1) is 6.58 Å². The van der Waals surface area contributed by atoms with Gasteiger partial charge in [0.25, 0.3) is 0 Å². The second-order valence-electron chi connectivity index (χ2n) is 5.05. The lowest BCUT2D eigenvalue weighted by molar-refractivity contribution is -0.284. The smallest absolute Gasteiger partial charge is 0.162 e. The van der Waals surface area contributed by atoms with E-state index in [1.165, 1.54) is 0 Å². The maximum Gasteiger partial charge on any atom is 0.162 e. The molecule has 0 N–H and O–H groups in total. The van der Waals surface area contributed by atoms with Gasteiger partial charge in [0.15, 0.2) is 5.79 Å². The predicted octanol–water partition coefficient (Wildman–Crippen LogP) is 3.69. The summed E-state index contributed by atoms with van der Waals surface area (Å²) in [6.07, 6.45) is 9.42. The third kappa shape index (κ3) is 3.76. The van der Waals surface area contributed by atoms with Crippen molar-refractivity contribution < 1.29 is 9.47 Å². The van der Waals surface area contributed by atoms with Gasteiger partial charge < -0.3 is 9.47 Å². The highest BCUT2D eigenvalue weighted by atomic mass is 16.7. The Bertz CT molecular complexity index is 243. The fraction of sp³-hybridized carbons (Fsp3) is 0.714. The van der Waals surface area contributed by atoms with Crippen LogP contribution in [0.25, 0.3) is 0 Å². The van der Waals surface area contributed by atoms with E-state index in [9.17, 15) is 0 Å². The number of ether oxygens (including phenoxy) is 2. The summed E-state index contributed by atoms with van der Waals surface area (Å²) in [5.74, 6) is -0.431. The quantitative estimate of drug-likeness (QED) is 0.663. The van der Waals surface area contributed by atoms with Gasteiger partial charge in [0.05, 0.1) is 13.2 Å². The number of rotatable bonds is 5. The second kappa shape index (κ2) is 5.65. The van der Waals surface area contributed by atoms with E-state index < -0.39 is 5.79 Å². The van der Waals surface area contributed by atoms with Crippen LogP contribution in [-0.4, -0.2) is 19.0 Å². The van der Waals surface area contributed by atoms with Gasteiger partial charge in [0.2, 0.25) is 0 Å². The molecule has 0 bridgehead atoms. The summed E-state index contributed by atoms with van der Waals surface area (Å²) in [6, 6.07) is 0. The Morgan fingerprint density at radius 3 is 2.25 bits per heavy atom. The van der Waals surface area contributed by atoms with Crippen LogP contribution in [0.1, 0.15) is 40.0 Å². The molecule has 2 heteroatoms. The van der Waals surface area contributed by atoms with Crippen LogP contribution in [0.4, 0.5) is 0 Å². The van der Waals surface area contributed by atoms with Gasteiger partial charge in [-0.3, -0.25) is 0 Å². The molecule has 92 valence electrons. The molecule has 16 heavy (non-hydrogen) atoms. The zero-order valence-corrected chi connectivity index (χ0v) is 10.8. The van der Waals surface area contributed by atoms with Crippen LogP contribution in [0.2, 0.25) is 0 Å². The Kier molecular flexibility index (Phi) is 4.75. The first-order chi connectivity index (χ1) is 7.54. The maximum absolute atomic E-state index is 5.76. The van der Waals surface area contributed by atoms with Crippen LogP contribution in [0.3, 0.4) is 0 Å². The molecule has 1 heterocycles. The van der Waals surface area contributed by atoms with Gasteiger partial charge >= 0.3 is 0 Å². The van der Waals surface area contributed by atoms with E-state index in [4.69, 9.17) is 9.47 Å². The molecule has 0 radical (unpaired) electrons. The van der Waals surface area contributed by atoms with Crippen molar-refractivity contribution in [2.45, 2.75) is 45.8 Å². The Balaban J connectivity index is 2.60. The molecule has 2 nitrogen and oxygen atoms in total. The van der Waals surface area contributed by atoms with E-state index in [2.05, 4.69) is 25.7 Å². The molecular formula is C14H24O2. The molecule has 0 aliphatic carbocycles. The van der Waals surface area contributed by atoms with E-state index in [-0.39, 0.29) is 5.41 Å². The summed E-state index contributed by atoms with van der Waals surface area (Å²) in [7, 11) is 0. The molecule has 0 spiro atoms. The lowest BCUT2D eigenvalue weighted by atomic mass is 9.81. The van der Waals surface area contributed by atoms with Crippen LogP contribution in [-0.2, 0) is 9.47 Å². The number of hydrogen-bond acceptors (Lipinski definition) is 2. The average Bonchev–Trinajstić information content (AvgIpc) is 2.24. The summed E-state index contributed by atoms with van der Waals surface area (Å²) >= 11 is 0. The minimum atomic E-state index is -0.431. The molecule has 1 saturated heterocycles. The van der Waals surface area contributed by atoms with Crippen molar-refractivity contribution in [3.8, 4) is 0 Å². The highest BCUT2D eigenvalue weighted by Crippen LogP contribution is 2.36. The van der Waals surface area contributed by atoms with E-state index >= 15 is 0 Å². The highest BCUT2D eigenvalue weighted by molar-refractivity contribution is 4.96. The Morgan fingerprint density at radius 1 is 1.12 bits per heavy atom. The molecule has 0 amide bonds. The molecule has 0 saturated carbocycles. The van der Waals surface area contributed by atoms with Crippen molar-refractivity contribution in [2.24, 2.45) is 5.41 Å². The minimum Gasteiger partial charge on any atom is -0.350 e. The molecule has 0 unspecified atom stereocenters. The molecule has 1 aliphatic heterocycles. The fourth-order valence-corrected chi connectivity index (χ4v) is 1.86. The molecule has 1 rings (SSSR count). The van der Waals surface area contributed by atoms with E-state index in [0.29, 0.717) is 0 Å². The molecule has 0 aromatic heterocycles. The first-order valence-corrected chi connectivity index (χ1v) is 6.07. The fourth-order valence-electron chi connectivity index (χ4n) is 1.86. The van der Waals surface area contributed by atoms with Crippen molar-refractivity contribution in [3.05, 3.63) is 24.8 Å². The summed E-state index contributed by atoms with van der Waals surface area (Å²) in [6.45, 7) is 11.4. The zero-order chi connectivity index (χ0) is 12.1. The van der Waals surface area contributed by atoms with Crippen LogP contribution >= 0.6 is 0 Å². The van der Waals surface area contributed by atoms with E-state index in [1.54, 1.807) is 0 Å². The normalized spacial score (nSPS) is 23.4. The molecule has 0 aromatic rings. The lowest BCUT2D eigenvalue weighted by Crippen LogP contribution is -2.46. The Morgan fingerprint density at radius 2 is 1.75 bits per heavy atom. The summed E-state index contributed by atoms with van der Waals surface area (Å²) in [5.41, 5.74) is 0.0862. The zero-order valence-electron chi connectivity index (χ0n) is 10.8. The van der Waals surface area contributed by atoms with Gasteiger partial charge in [-0.2, -0.15) is 0 Å². The van der Waals surface area contributed by atoms with Crippen LogP contribution in [0, 0.1) is 5.41 Å². The molecule has 1 fully saturated rings. The Labute approximate surface area is 99.3 Å². The van der Waals surface area contributed by atoms with Crippen LogP contribution < -0.4 is 0 Å². The lowest BCUT2D eigenvalue weighted by Gasteiger charge is -2.42. The third-order valence-electron chi connectivity index (χ3n) is 2.98. The molecule has 1 aliphatic rings. The van der Waals surface area contributed by atoms with E-state index in [0.717, 1.165) is 32.5 Å². The summed E-state index contributed by atoms with van der Waals surface area (Å²) in [4.78, 5) is 0. The predicted molar refractivity (Wildman–Crippen MR) is 67.3 cm³/mol. The molecular weight excluding hydrogens is 200 g/mol. The number of hydrogen-bond donors (Lipinski definition) is 0. The Hall–Kier alpha value is -0.600. The van der Waals surface area contributed by atoms with Crippen molar-refractivity contribution in [3.63, 3.8) is 0 Å². The highest BCUT2D eigenvalue weighted by Gasteiger charge is 2.38. The van der Waals surface area contributed by atoms with Gasteiger partial charge in [0.1, 0.15) is 0 Å². The first kappa shape index (κ1) is 13.5. The van der Waals surface area contributed by atoms with Crippen molar-refractivity contribution in [1.29, 1.82) is 0 Å². The minimum absolute atomic E-state index is 0.0862. The van der Waals surface area contributed by atoms with E-state index in [1.807, 2.05) is 19.9 Å². The van der Waals surface area contributed by atoms with Crippen molar-refractivity contribution in [2.75, 3.05) is 13.2 Å². The van der Waals surface area contributed by atoms with Gasteiger partial charge in [-0.05, 0) is 33.1 Å².